The van der Waals surface area contributed by atoms with E-state index in [1.165, 1.54) is 6.42 Å². The molecule has 160 valence electrons. The molecule has 1 aromatic rings. The van der Waals surface area contributed by atoms with Crippen LogP contribution in [0.2, 0.25) is 0 Å². The number of benzene rings is 1. The van der Waals surface area contributed by atoms with Crippen LogP contribution < -0.4 is 10.1 Å². The second-order valence-corrected chi connectivity index (χ2v) is 7.80. The molecule has 1 heterocycles. The fourth-order valence-electron chi connectivity index (χ4n) is 3.93. The van der Waals surface area contributed by atoms with Crippen LogP contribution >= 0.6 is 0 Å². The molecule has 1 aliphatic heterocycles. The number of ether oxygens (including phenoxy) is 3. The van der Waals surface area contributed by atoms with Crippen LogP contribution in [0.25, 0.3) is 0 Å². The molecule has 1 fully saturated rings. The maximum Gasteiger partial charge on any atom is 0.286 e. The zero-order valence-corrected chi connectivity index (χ0v) is 17.3. The SMILES string of the molecule is COc1ccc([C@H]2C=C(C(=O)NC3CCCCC3)O[C@@H](OCCCCO)C2)cc1. The third-order valence-corrected chi connectivity index (χ3v) is 5.62. The molecule has 1 amide bonds. The minimum Gasteiger partial charge on any atom is -0.497 e. The Labute approximate surface area is 173 Å². The van der Waals surface area contributed by atoms with Crippen LogP contribution in [-0.2, 0) is 14.3 Å². The zero-order valence-electron chi connectivity index (χ0n) is 17.3. The number of unbranched alkanes of at least 4 members (excludes halogenated alkanes) is 1. The number of hydrogen-bond donors (Lipinski definition) is 2. The summed E-state index contributed by atoms with van der Waals surface area (Å²) in [5.74, 6) is 1.02. The molecule has 6 nitrogen and oxygen atoms in total. The van der Waals surface area contributed by atoms with Crippen LogP contribution in [0.15, 0.2) is 36.1 Å². The Balaban J connectivity index is 1.69. The van der Waals surface area contributed by atoms with E-state index in [0.717, 1.165) is 43.4 Å². The standard InChI is InChI=1S/C23H33NO5/c1-27-20-11-9-17(10-12-20)18-15-21(23(26)24-19-7-3-2-4-8-19)29-22(16-18)28-14-6-5-13-25/h9-12,15,18-19,22,25H,2-8,13-14,16H2,1H3,(H,24,26)/t18-,22+/m0/s1. The topological polar surface area (TPSA) is 77.0 Å². The van der Waals surface area contributed by atoms with E-state index in [-0.39, 0.29) is 24.5 Å². The number of aliphatic hydroxyl groups excluding tert-OH is 1. The van der Waals surface area contributed by atoms with Crippen molar-refractivity contribution in [2.45, 2.75) is 69.6 Å². The molecule has 29 heavy (non-hydrogen) atoms. The third-order valence-electron chi connectivity index (χ3n) is 5.62. The Morgan fingerprint density at radius 2 is 1.93 bits per heavy atom. The lowest BCUT2D eigenvalue weighted by molar-refractivity contribution is -0.147. The Morgan fingerprint density at radius 1 is 1.17 bits per heavy atom. The van der Waals surface area contributed by atoms with Crippen molar-refractivity contribution in [3.8, 4) is 5.75 Å². The van der Waals surface area contributed by atoms with Gasteiger partial charge in [-0.15, -0.1) is 0 Å². The quantitative estimate of drug-likeness (QED) is 0.616. The van der Waals surface area contributed by atoms with E-state index in [1.807, 2.05) is 30.3 Å². The zero-order chi connectivity index (χ0) is 20.5. The highest BCUT2D eigenvalue weighted by atomic mass is 16.7. The summed E-state index contributed by atoms with van der Waals surface area (Å²) in [4.78, 5) is 12.9. The van der Waals surface area contributed by atoms with Gasteiger partial charge in [0.05, 0.1) is 13.7 Å². The summed E-state index contributed by atoms with van der Waals surface area (Å²) in [5, 5.41) is 12.1. The first-order valence-electron chi connectivity index (χ1n) is 10.8. The molecule has 0 spiro atoms. The summed E-state index contributed by atoms with van der Waals surface area (Å²) < 4.78 is 17.0. The second kappa shape index (κ2) is 11.2. The van der Waals surface area contributed by atoms with Crippen LogP contribution in [0.3, 0.4) is 0 Å². The van der Waals surface area contributed by atoms with Gasteiger partial charge in [-0.25, -0.2) is 0 Å². The Kier molecular flexibility index (Phi) is 8.38. The summed E-state index contributed by atoms with van der Waals surface area (Å²) in [7, 11) is 1.65. The highest BCUT2D eigenvalue weighted by Crippen LogP contribution is 2.32. The molecule has 0 unspecified atom stereocenters. The number of amides is 1. The maximum absolute atomic E-state index is 12.9. The van der Waals surface area contributed by atoms with Crippen LogP contribution in [0.4, 0.5) is 0 Å². The van der Waals surface area contributed by atoms with E-state index in [1.54, 1.807) is 7.11 Å². The van der Waals surface area contributed by atoms with Crippen LogP contribution in [-0.4, -0.2) is 43.7 Å². The molecule has 2 aliphatic rings. The van der Waals surface area contributed by atoms with Gasteiger partial charge in [0.15, 0.2) is 5.76 Å². The van der Waals surface area contributed by atoms with Gasteiger partial charge >= 0.3 is 0 Å². The van der Waals surface area contributed by atoms with E-state index in [0.29, 0.717) is 25.2 Å². The van der Waals surface area contributed by atoms with Gasteiger partial charge in [0.2, 0.25) is 6.29 Å². The smallest absolute Gasteiger partial charge is 0.286 e. The lowest BCUT2D eigenvalue weighted by atomic mass is 9.92. The van der Waals surface area contributed by atoms with E-state index >= 15 is 0 Å². The first-order chi connectivity index (χ1) is 14.2. The normalized spacial score (nSPS) is 22.5. The Bertz CT molecular complexity index is 666. The fraction of sp³-hybridized carbons (Fsp3) is 0.609. The largest absolute Gasteiger partial charge is 0.497 e. The van der Waals surface area contributed by atoms with Crippen molar-refractivity contribution in [3.63, 3.8) is 0 Å². The molecular formula is C23H33NO5. The van der Waals surface area contributed by atoms with E-state index in [9.17, 15) is 4.79 Å². The summed E-state index contributed by atoms with van der Waals surface area (Å²) in [5.41, 5.74) is 1.10. The fourth-order valence-corrected chi connectivity index (χ4v) is 3.93. The summed E-state index contributed by atoms with van der Waals surface area (Å²) in [6.45, 7) is 0.649. The van der Waals surface area contributed by atoms with Crippen molar-refractivity contribution >= 4 is 5.91 Å². The first kappa shape index (κ1) is 21.7. The second-order valence-electron chi connectivity index (χ2n) is 7.80. The molecule has 0 bridgehead atoms. The van der Waals surface area contributed by atoms with Crippen LogP contribution in [0, 0.1) is 0 Å². The van der Waals surface area contributed by atoms with Crippen LogP contribution in [0.5, 0.6) is 5.75 Å². The average molecular weight is 404 g/mol. The minimum absolute atomic E-state index is 0.0320. The highest BCUT2D eigenvalue weighted by Gasteiger charge is 2.29. The van der Waals surface area contributed by atoms with Gasteiger partial charge in [0, 0.05) is 25.0 Å². The third kappa shape index (κ3) is 6.47. The molecule has 2 N–H and O–H groups in total. The van der Waals surface area contributed by atoms with Crippen molar-refractivity contribution in [2.75, 3.05) is 20.3 Å². The molecule has 2 atom stereocenters. The predicted molar refractivity (Wildman–Crippen MR) is 111 cm³/mol. The molecule has 1 aromatic carbocycles. The van der Waals surface area contributed by atoms with E-state index in [2.05, 4.69) is 5.32 Å². The number of methoxy groups -OCH3 is 1. The van der Waals surface area contributed by atoms with Crippen molar-refractivity contribution in [2.24, 2.45) is 0 Å². The first-order valence-corrected chi connectivity index (χ1v) is 10.8. The lowest BCUT2D eigenvalue weighted by Crippen LogP contribution is -2.39. The van der Waals surface area contributed by atoms with Gasteiger partial charge in [0.1, 0.15) is 5.75 Å². The number of rotatable bonds is 9. The molecule has 3 rings (SSSR count). The Morgan fingerprint density at radius 3 is 2.62 bits per heavy atom. The molecular weight excluding hydrogens is 370 g/mol. The molecule has 0 radical (unpaired) electrons. The molecule has 0 aromatic heterocycles. The van der Waals surface area contributed by atoms with Crippen molar-refractivity contribution in [1.82, 2.24) is 5.32 Å². The number of carbonyl (C=O) groups is 1. The molecule has 6 heteroatoms. The number of allylic oxidation sites excluding steroid dienone is 1. The van der Waals surface area contributed by atoms with E-state index < -0.39 is 6.29 Å². The minimum atomic E-state index is -0.474. The van der Waals surface area contributed by atoms with Gasteiger partial charge in [-0.3, -0.25) is 4.79 Å². The monoisotopic (exact) mass is 403 g/mol. The van der Waals surface area contributed by atoms with Crippen molar-refractivity contribution in [1.29, 1.82) is 0 Å². The van der Waals surface area contributed by atoms with Gasteiger partial charge < -0.3 is 24.6 Å². The van der Waals surface area contributed by atoms with Gasteiger partial charge in [-0.05, 0) is 49.5 Å². The average Bonchev–Trinajstić information content (AvgIpc) is 2.77. The van der Waals surface area contributed by atoms with Crippen LogP contribution in [0.1, 0.15) is 62.8 Å². The number of hydrogen-bond acceptors (Lipinski definition) is 5. The number of nitrogens with one attached hydrogen (secondary N) is 1. The molecule has 1 saturated carbocycles. The van der Waals surface area contributed by atoms with Gasteiger partial charge in [0.25, 0.3) is 5.91 Å². The van der Waals surface area contributed by atoms with E-state index in [4.69, 9.17) is 19.3 Å². The Hall–Kier alpha value is -2.05. The lowest BCUT2D eigenvalue weighted by Gasteiger charge is -2.30. The summed E-state index contributed by atoms with van der Waals surface area (Å²) in [6, 6.07) is 8.12. The van der Waals surface area contributed by atoms with Crippen molar-refractivity contribution < 1.29 is 24.1 Å². The highest BCUT2D eigenvalue weighted by molar-refractivity contribution is 5.92. The maximum atomic E-state index is 12.9. The number of carbonyl (C=O) groups excluding carboxylic acids is 1. The summed E-state index contributed by atoms with van der Waals surface area (Å²) in [6.07, 6.45) is 9.17. The predicted octanol–water partition coefficient (Wildman–Crippen LogP) is 3.65. The van der Waals surface area contributed by atoms with Crippen molar-refractivity contribution in [3.05, 3.63) is 41.7 Å². The van der Waals surface area contributed by atoms with Gasteiger partial charge in [-0.1, -0.05) is 31.4 Å². The van der Waals surface area contributed by atoms with Gasteiger partial charge in [-0.2, -0.15) is 0 Å². The number of aliphatic hydroxyl groups is 1. The molecule has 0 saturated heterocycles. The molecule has 1 aliphatic carbocycles. The summed E-state index contributed by atoms with van der Waals surface area (Å²) >= 11 is 0.